The zero-order chi connectivity index (χ0) is 18.5. The van der Waals surface area contributed by atoms with Gasteiger partial charge in [0, 0.05) is 34.2 Å². The minimum absolute atomic E-state index is 0.660. The van der Waals surface area contributed by atoms with Crippen LogP contribution in [0.1, 0.15) is 11.1 Å². The Bertz CT molecular complexity index is 1140. The number of rotatable bonds is 1. The fourth-order valence-electron chi connectivity index (χ4n) is 3.65. The quantitative estimate of drug-likeness (QED) is 0.377. The average Bonchev–Trinajstić information content (AvgIpc) is 2.75. The van der Waals surface area contributed by atoms with Crippen LogP contribution in [-0.2, 0) is 6.42 Å². The third-order valence-electron chi connectivity index (χ3n) is 5.05. The lowest BCUT2D eigenvalue weighted by atomic mass is 10.0. The van der Waals surface area contributed by atoms with Crippen molar-refractivity contribution in [2.75, 3.05) is 0 Å². The summed E-state index contributed by atoms with van der Waals surface area (Å²) in [6.45, 7) is 0. The molecule has 28 heavy (non-hydrogen) atoms. The van der Waals surface area contributed by atoms with Crippen molar-refractivity contribution < 1.29 is 0 Å². The third kappa shape index (κ3) is 2.82. The topological polar surface area (TPSA) is 25.8 Å². The zero-order valence-electron chi connectivity index (χ0n) is 14.8. The number of fused-ring (bicyclic) bond motifs is 4. The van der Waals surface area contributed by atoms with E-state index in [9.17, 15) is 0 Å². The Labute approximate surface area is 174 Å². The highest BCUT2D eigenvalue weighted by atomic mass is 32.2. The molecule has 0 unspecified atom stereocenters. The molecule has 2 aromatic heterocycles. The van der Waals surface area contributed by atoms with Crippen molar-refractivity contribution in [3.8, 4) is 11.1 Å². The second-order valence-electron chi connectivity index (χ2n) is 6.87. The molecule has 2 radical (unpaired) electrons. The van der Waals surface area contributed by atoms with Crippen LogP contribution in [0.5, 0.6) is 0 Å². The molecule has 4 aromatic rings. The van der Waals surface area contributed by atoms with Crippen LogP contribution in [-0.4, -0.2) is 19.5 Å². The summed E-state index contributed by atoms with van der Waals surface area (Å²) in [4.78, 5) is 12.0. The number of pyridine rings is 2. The Morgan fingerprint density at radius 1 is 0.714 bits per heavy atom. The van der Waals surface area contributed by atoms with Gasteiger partial charge in [-0.15, -0.1) is 0 Å². The lowest BCUT2D eigenvalue weighted by Crippen LogP contribution is -2.34. The highest BCUT2D eigenvalue weighted by Crippen LogP contribution is 2.39. The van der Waals surface area contributed by atoms with Crippen LogP contribution in [0.4, 0.5) is 0 Å². The Kier molecular flexibility index (Phi) is 3.92. The minimum atomic E-state index is 0.660. The summed E-state index contributed by atoms with van der Waals surface area (Å²) in [6.07, 6.45) is 4.86. The number of aromatic nitrogens is 2. The number of benzene rings is 2. The third-order valence-corrected chi connectivity index (χ3v) is 9.04. The van der Waals surface area contributed by atoms with Gasteiger partial charge in [-0.25, -0.2) is 9.97 Å². The molecule has 0 atom stereocenters. The standard InChI is InChI=1S/C23H14N2S2Si/c1-2-5-18-15(4-1)10-16-11-17(13-25-22(16)26-18)14-7-8-19-21(12-14)28-20-6-3-9-24-23(20)27-19/h1-9,11-13H,10H2. The lowest BCUT2D eigenvalue weighted by Gasteiger charge is -2.20. The Balaban J connectivity index is 1.36. The molecule has 0 saturated heterocycles. The molecule has 0 fully saturated rings. The molecule has 2 aliphatic rings. The van der Waals surface area contributed by atoms with E-state index in [-0.39, 0.29) is 0 Å². The summed E-state index contributed by atoms with van der Waals surface area (Å²) < 4.78 is 0. The van der Waals surface area contributed by atoms with Crippen LogP contribution in [0.25, 0.3) is 11.1 Å². The van der Waals surface area contributed by atoms with Gasteiger partial charge in [0.25, 0.3) is 0 Å². The van der Waals surface area contributed by atoms with Gasteiger partial charge in [-0.2, -0.15) is 0 Å². The molecule has 6 rings (SSSR count). The molecule has 2 aromatic carbocycles. The van der Waals surface area contributed by atoms with E-state index in [1.807, 2.05) is 18.5 Å². The van der Waals surface area contributed by atoms with Crippen LogP contribution >= 0.6 is 23.5 Å². The van der Waals surface area contributed by atoms with Gasteiger partial charge in [-0.3, -0.25) is 0 Å². The van der Waals surface area contributed by atoms with E-state index in [2.05, 4.69) is 59.6 Å². The maximum atomic E-state index is 4.79. The van der Waals surface area contributed by atoms with Crippen LogP contribution in [0, 0.1) is 0 Å². The van der Waals surface area contributed by atoms with Gasteiger partial charge in [0.1, 0.15) is 14.5 Å². The van der Waals surface area contributed by atoms with Gasteiger partial charge in [-0.05, 0) is 51.3 Å². The lowest BCUT2D eigenvalue weighted by molar-refractivity contribution is 0.978. The summed E-state index contributed by atoms with van der Waals surface area (Å²) in [5.41, 5.74) is 5.17. The van der Waals surface area contributed by atoms with Crippen molar-refractivity contribution in [3.05, 3.63) is 84.2 Å². The molecule has 132 valence electrons. The Morgan fingerprint density at radius 2 is 1.64 bits per heavy atom. The summed E-state index contributed by atoms with van der Waals surface area (Å²) in [7, 11) is 0.660. The predicted molar refractivity (Wildman–Crippen MR) is 116 cm³/mol. The first-order chi connectivity index (χ1) is 13.8. The molecule has 0 saturated carbocycles. The average molecular weight is 411 g/mol. The van der Waals surface area contributed by atoms with Gasteiger partial charge >= 0.3 is 0 Å². The van der Waals surface area contributed by atoms with E-state index in [0.29, 0.717) is 9.52 Å². The van der Waals surface area contributed by atoms with E-state index in [1.165, 1.54) is 42.4 Å². The molecular weight excluding hydrogens is 396 g/mol. The smallest absolute Gasteiger partial charge is 0.126 e. The molecule has 2 nitrogen and oxygen atoms in total. The Hall–Kier alpha value is -2.34. The monoisotopic (exact) mass is 410 g/mol. The van der Waals surface area contributed by atoms with E-state index in [4.69, 9.17) is 4.98 Å². The zero-order valence-corrected chi connectivity index (χ0v) is 17.5. The van der Waals surface area contributed by atoms with E-state index in [0.717, 1.165) is 16.5 Å². The maximum absolute atomic E-state index is 4.79. The second kappa shape index (κ2) is 6.62. The molecule has 0 spiro atoms. The molecule has 0 bridgehead atoms. The minimum Gasteiger partial charge on any atom is -0.250 e. The summed E-state index contributed by atoms with van der Waals surface area (Å²) >= 11 is 3.56. The van der Waals surface area contributed by atoms with Crippen LogP contribution in [0.2, 0.25) is 0 Å². The number of hydrogen-bond donors (Lipinski definition) is 0. The highest BCUT2D eigenvalue weighted by Gasteiger charge is 2.20. The first-order valence-corrected chi connectivity index (χ1v) is 11.8. The molecule has 2 aliphatic heterocycles. The Morgan fingerprint density at radius 3 is 2.64 bits per heavy atom. The highest BCUT2D eigenvalue weighted by molar-refractivity contribution is 8.00. The first kappa shape index (κ1) is 16.6. The van der Waals surface area contributed by atoms with E-state index >= 15 is 0 Å². The van der Waals surface area contributed by atoms with Gasteiger partial charge < -0.3 is 0 Å². The normalized spacial score (nSPS) is 13.9. The van der Waals surface area contributed by atoms with Gasteiger partial charge in [0.05, 0.1) is 5.03 Å². The van der Waals surface area contributed by atoms with Crippen LogP contribution in [0.3, 0.4) is 0 Å². The van der Waals surface area contributed by atoms with Crippen LogP contribution in [0.15, 0.2) is 92.9 Å². The molecule has 0 amide bonds. The number of hydrogen-bond acceptors (Lipinski definition) is 4. The fourth-order valence-corrected chi connectivity index (χ4v) is 7.13. The fraction of sp³-hybridized carbons (Fsp3) is 0.0435. The molecule has 5 heteroatoms. The summed E-state index contributed by atoms with van der Waals surface area (Å²) in [5, 5.41) is 5.03. The predicted octanol–water partition coefficient (Wildman–Crippen LogP) is 4.32. The van der Waals surface area contributed by atoms with E-state index < -0.39 is 0 Å². The van der Waals surface area contributed by atoms with Crippen molar-refractivity contribution in [1.82, 2.24) is 9.97 Å². The number of nitrogens with zero attached hydrogens (tertiary/aromatic N) is 2. The summed E-state index contributed by atoms with van der Waals surface area (Å²) in [6, 6.07) is 22.0. The SMILES string of the molecule is c1ccc2c(c1)Cc1cc(-c3ccc4c(c3)[Si]c3cccnc3S4)cnc1S2. The molecule has 0 aliphatic carbocycles. The van der Waals surface area contributed by atoms with Gasteiger partial charge in [0.15, 0.2) is 0 Å². The maximum Gasteiger partial charge on any atom is 0.126 e. The van der Waals surface area contributed by atoms with Crippen molar-refractivity contribution in [2.45, 2.75) is 26.3 Å². The van der Waals surface area contributed by atoms with Crippen molar-refractivity contribution >= 4 is 43.4 Å². The van der Waals surface area contributed by atoms with Gasteiger partial charge in [0.2, 0.25) is 0 Å². The second-order valence-corrected chi connectivity index (χ2v) is 10.3. The van der Waals surface area contributed by atoms with Gasteiger partial charge in [-0.1, -0.05) is 59.9 Å². The van der Waals surface area contributed by atoms with E-state index in [1.54, 1.807) is 23.5 Å². The summed E-state index contributed by atoms with van der Waals surface area (Å²) in [5.74, 6) is 0. The molecular formula is C23H14N2S2Si. The van der Waals surface area contributed by atoms with Crippen molar-refractivity contribution in [2.24, 2.45) is 0 Å². The van der Waals surface area contributed by atoms with Crippen LogP contribution < -0.4 is 10.4 Å². The van der Waals surface area contributed by atoms with Crippen molar-refractivity contribution in [3.63, 3.8) is 0 Å². The first-order valence-electron chi connectivity index (χ1n) is 9.12. The molecule has 4 heterocycles. The van der Waals surface area contributed by atoms with Crippen molar-refractivity contribution in [1.29, 1.82) is 0 Å². The molecule has 0 N–H and O–H groups in total. The largest absolute Gasteiger partial charge is 0.250 e.